The van der Waals surface area contributed by atoms with Crippen LogP contribution < -0.4 is 16.0 Å². The van der Waals surface area contributed by atoms with Crippen LogP contribution in [-0.4, -0.2) is 60.9 Å². The molecular weight excluding hydrogens is 442 g/mol. The van der Waals surface area contributed by atoms with Crippen molar-refractivity contribution in [3.8, 4) is 0 Å². The second-order valence-corrected chi connectivity index (χ2v) is 8.96. The molecule has 0 aliphatic rings. The van der Waals surface area contributed by atoms with Crippen LogP contribution in [0.25, 0.3) is 0 Å². The maximum atomic E-state index is 13.1. The summed E-state index contributed by atoms with van der Waals surface area (Å²) in [5.41, 5.74) is 0.857. The first-order valence-corrected chi connectivity index (χ1v) is 12.3. The van der Waals surface area contributed by atoms with E-state index in [1.807, 2.05) is 50.4 Å². The van der Waals surface area contributed by atoms with Gasteiger partial charge in [0.2, 0.25) is 18.2 Å². The number of carbonyl (C=O) groups excluding carboxylic acids is 4. The zero-order valence-electron chi connectivity index (χ0n) is 19.5. The minimum absolute atomic E-state index is 0.0284. The molecule has 0 radical (unpaired) electrons. The average Bonchev–Trinajstić information content (AvgIpc) is 2.79. The van der Waals surface area contributed by atoms with Gasteiger partial charge in [-0.15, -0.1) is 0 Å². The van der Waals surface area contributed by atoms with E-state index in [0.717, 1.165) is 5.56 Å². The third-order valence-corrected chi connectivity index (χ3v) is 5.41. The van der Waals surface area contributed by atoms with E-state index in [1.54, 1.807) is 11.8 Å². The smallest absolute Gasteiger partial charge is 0.329 e. The van der Waals surface area contributed by atoms with Gasteiger partial charge in [0.05, 0.1) is 0 Å². The molecule has 1 aromatic rings. The molecule has 0 aliphatic heterocycles. The number of rotatable bonds is 16. The number of hydrogen-bond donors (Lipinski definition) is 3. The zero-order valence-corrected chi connectivity index (χ0v) is 20.4. The highest BCUT2D eigenvalue weighted by atomic mass is 32.2. The highest BCUT2D eigenvalue weighted by Crippen LogP contribution is 2.10. The Bertz CT molecular complexity index is 773. The fourth-order valence-corrected chi connectivity index (χ4v) is 3.61. The predicted molar refractivity (Wildman–Crippen MR) is 131 cm³/mol. The second-order valence-electron chi connectivity index (χ2n) is 7.98. The molecule has 0 fully saturated rings. The lowest BCUT2D eigenvalue weighted by molar-refractivity contribution is -0.147. The summed E-state index contributed by atoms with van der Waals surface area (Å²) in [7, 11) is 0. The Hall–Kier alpha value is -2.81. The topological polar surface area (TPSA) is 114 Å². The zero-order chi connectivity index (χ0) is 24.6. The van der Waals surface area contributed by atoms with E-state index in [4.69, 9.17) is 4.74 Å². The standard InChI is InChI=1S/C24H35N3O5S/c1-5-12-32-24(31)21(15-18-9-7-6-8-10-18)27-23(30)20(14-17(2)3)26-22(29)19(25-16-28)11-13-33-4/h5-10,16-17,19-21H,1,11-15H2,2-4H3,(H,25,28)(H,26,29)(H,27,30)/t19-,20-,21-/m0/s1. The SMILES string of the molecule is C=CCOC(=O)[C@H](Cc1ccccc1)NC(=O)[C@H](CC(C)C)NC(=O)[C@H](CCSC)NC=O. The molecule has 3 N–H and O–H groups in total. The van der Waals surface area contributed by atoms with Crippen LogP contribution in [0.2, 0.25) is 0 Å². The fraction of sp³-hybridized carbons (Fsp3) is 0.500. The van der Waals surface area contributed by atoms with Crippen molar-refractivity contribution < 1.29 is 23.9 Å². The minimum Gasteiger partial charge on any atom is -0.460 e. The van der Waals surface area contributed by atoms with Crippen molar-refractivity contribution in [2.45, 2.75) is 51.2 Å². The fourth-order valence-electron chi connectivity index (χ4n) is 3.14. The van der Waals surface area contributed by atoms with Crippen molar-refractivity contribution in [2.24, 2.45) is 5.92 Å². The van der Waals surface area contributed by atoms with Gasteiger partial charge in [0.25, 0.3) is 0 Å². The summed E-state index contributed by atoms with van der Waals surface area (Å²) in [4.78, 5) is 49.4. The summed E-state index contributed by atoms with van der Waals surface area (Å²) in [6.07, 6.45) is 4.89. The van der Waals surface area contributed by atoms with Crippen molar-refractivity contribution in [3.63, 3.8) is 0 Å². The summed E-state index contributed by atoms with van der Waals surface area (Å²) in [6.45, 7) is 7.43. The summed E-state index contributed by atoms with van der Waals surface area (Å²) in [6, 6.07) is 6.74. The summed E-state index contributed by atoms with van der Waals surface area (Å²) in [5.74, 6) is -0.727. The van der Waals surface area contributed by atoms with E-state index in [1.165, 1.54) is 6.08 Å². The summed E-state index contributed by atoms with van der Waals surface area (Å²) >= 11 is 1.55. The maximum Gasteiger partial charge on any atom is 0.329 e. The normalized spacial score (nSPS) is 13.3. The van der Waals surface area contributed by atoms with Crippen molar-refractivity contribution in [1.82, 2.24) is 16.0 Å². The van der Waals surface area contributed by atoms with Gasteiger partial charge in [-0.25, -0.2) is 4.79 Å². The second kappa shape index (κ2) is 15.9. The van der Waals surface area contributed by atoms with Gasteiger partial charge in [-0.05, 0) is 36.3 Å². The van der Waals surface area contributed by atoms with E-state index in [2.05, 4.69) is 22.5 Å². The van der Waals surface area contributed by atoms with Crippen LogP contribution in [0.5, 0.6) is 0 Å². The molecule has 0 unspecified atom stereocenters. The minimum atomic E-state index is -0.924. The number of esters is 1. The third kappa shape index (κ3) is 11.1. The number of amides is 3. The van der Waals surface area contributed by atoms with Crippen LogP contribution in [0.1, 0.15) is 32.3 Å². The Morgan fingerprint density at radius 3 is 2.27 bits per heavy atom. The molecule has 0 bridgehead atoms. The molecule has 33 heavy (non-hydrogen) atoms. The van der Waals surface area contributed by atoms with Crippen LogP contribution >= 0.6 is 11.8 Å². The molecule has 0 saturated heterocycles. The van der Waals surface area contributed by atoms with Crippen molar-refractivity contribution in [3.05, 3.63) is 48.6 Å². The number of carbonyl (C=O) groups is 4. The van der Waals surface area contributed by atoms with Gasteiger partial charge in [-0.1, -0.05) is 56.8 Å². The van der Waals surface area contributed by atoms with E-state index >= 15 is 0 Å². The van der Waals surface area contributed by atoms with Crippen molar-refractivity contribution in [2.75, 3.05) is 18.6 Å². The molecule has 1 rings (SSSR count). The number of hydrogen-bond acceptors (Lipinski definition) is 6. The Morgan fingerprint density at radius 2 is 1.70 bits per heavy atom. The summed E-state index contributed by atoms with van der Waals surface area (Å²) in [5, 5.41) is 7.99. The maximum absolute atomic E-state index is 13.1. The molecule has 1 aromatic carbocycles. The van der Waals surface area contributed by atoms with Gasteiger partial charge in [-0.3, -0.25) is 14.4 Å². The first-order chi connectivity index (χ1) is 15.8. The molecule has 3 atom stereocenters. The lowest BCUT2D eigenvalue weighted by Crippen LogP contribution is -2.56. The van der Waals surface area contributed by atoms with Gasteiger partial charge in [-0.2, -0.15) is 11.8 Å². The first-order valence-electron chi connectivity index (χ1n) is 10.9. The van der Waals surface area contributed by atoms with Crippen LogP contribution in [0, 0.1) is 5.92 Å². The largest absolute Gasteiger partial charge is 0.460 e. The van der Waals surface area contributed by atoms with E-state index < -0.39 is 35.9 Å². The van der Waals surface area contributed by atoms with Gasteiger partial charge in [0, 0.05) is 6.42 Å². The number of nitrogens with one attached hydrogen (secondary N) is 3. The molecule has 0 heterocycles. The molecule has 3 amide bonds. The summed E-state index contributed by atoms with van der Waals surface area (Å²) < 4.78 is 5.17. The molecule has 0 spiro atoms. The lowest BCUT2D eigenvalue weighted by Gasteiger charge is -2.25. The van der Waals surface area contributed by atoms with Crippen LogP contribution in [0.3, 0.4) is 0 Å². The molecular formula is C24H35N3O5S. The number of ether oxygens (including phenoxy) is 1. The highest BCUT2D eigenvalue weighted by Gasteiger charge is 2.30. The number of thioether (sulfide) groups is 1. The molecule has 182 valence electrons. The molecule has 0 aliphatic carbocycles. The van der Waals surface area contributed by atoms with Crippen LogP contribution in [0.4, 0.5) is 0 Å². The molecule has 0 saturated carbocycles. The molecule has 0 aromatic heterocycles. The first kappa shape index (κ1) is 28.2. The van der Waals surface area contributed by atoms with Gasteiger partial charge >= 0.3 is 5.97 Å². The average molecular weight is 478 g/mol. The highest BCUT2D eigenvalue weighted by molar-refractivity contribution is 7.98. The Kier molecular flexibility index (Phi) is 13.6. The van der Waals surface area contributed by atoms with Crippen LogP contribution in [0.15, 0.2) is 43.0 Å². The van der Waals surface area contributed by atoms with Gasteiger partial charge in [0.15, 0.2) is 0 Å². The number of benzene rings is 1. The Labute approximate surface area is 200 Å². The Balaban J connectivity index is 2.99. The third-order valence-electron chi connectivity index (χ3n) is 4.76. The van der Waals surface area contributed by atoms with E-state index in [9.17, 15) is 19.2 Å². The van der Waals surface area contributed by atoms with E-state index in [0.29, 0.717) is 25.0 Å². The quantitative estimate of drug-likeness (QED) is 0.190. The van der Waals surface area contributed by atoms with Crippen LogP contribution in [-0.2, 0) is 30.3 Å². The molecule has 9 heteroatoms. The van der Waals surface area contributed by atoms with E-state index in [-0.39, 0.29) is 18.9 Å². The predicted octanol–water partition coefficient (Wildman–Crippen LogP) is 1.84. The lowest BCUT2D eigenvalue weighted by atomic mass is 10.0. The Morgan fingerprint density at radius 1 is 1.06 bits per heavy atom. The van der Waals surface area contributed by atoms with Gasteiger partial charge in [0.1, 0.15) is 24.7 Å². The monoisotopic (exact) mass is 477 g/mol. The van der Waals surface area contributed by atoms with Gasteiger partial charge < -0.3 is 20.7 Å². The van der Waals surface area contributed by atoms with Crippen molar-refractivity contribution >= 4 is 36.0 Å². The molecule has 8 nitrogen and oxygen atoms in total. The van der Waals surface area contributed by atoms with Crippen molar-refractivity contribution in [1.29, 1.82) is 0 Å².